The minimum absolute atomic E-state index is 0.104. The second-order valence-electron chi connectivity index (χ2n) is 9.74. The number of methoxy groups -OCH3 is 1. The first-order valence-corrected chi connectivity index (χ1v) is 19.5. The molecule has 0 heterocycles. The Bertz CT molecular complexity index is 2160. The maximum Gasteiger partial charge on any atom is 0.298 e. The van der Waals surface area contributed by atoms with E-state index in [1.807, 2.05) is 24.3 Å². The molecular formula is C29H30O15S4. The van der Waals surface area contributed by atoms with Gasteiger partial charge in [0.2, 0.25) is 0 Å². The Balaban J connectivity index is 0.000000700. The zero-order valence-electron chi connectivity index (χ0n) is 25.5. The second kappa shape index (κ2) is 15.8. The first-order valence-electron chi connectivity index (χ1n) is 12.9. The Morgan fingerprint density at radius 2 is 0.938 bits per heavy atom. The van der Waals surface area contributed by atoms with Crippen LogP contribution in [0.1, 0.15) is 21.5 Å². The third kappa shape index (κ3) is 13.5. The average Bonchev–Trinajstić information content (AvgIpc) is 2.95. The fourth-order valence-electron chi connectivity index (χ4n) is 3.75. The van der Waals surface area contributed by atoms with Gasteiger partial charge in [-0.05, 0) is 72.1 Å². The molecule has 0 aliphatic carbocycles. The fourth-order valence-corrected chi connectivity index (χ4v) is 5.14. The van der Waals surface area contributed by atoms with Gasteiger partial charge in [0.15, 0.2) is 5.78 Å². The summed E-state index contributed by atoms with van der Waals surface area (Å²) in [5.74, 6) is 0.0520. The van der Waals surface area contributed by atoms with Crippen LogP contribution in [-0.2, 0) is 40.5 Å². The molecule has 0 unspecified atom stereocenters. The normalized spacial score (nSPS) is 11.7. The van der Waals surface area contributed by atoms with E-state index in [2.05, 4.69) is 0 Å². The number of aryl methyl sites for hydroxylation is 1. The molecule has 4 rings (SSSR count). The average molecular weight is 747 g/mol. The van der Waals surface area contributed by atoms with Crippen molar-refractivity contribution in [1.29, 1.82) is 0 Å². The standard InChI is InChI=1S/C27H22O9S2.2CH4O3S/c1-17-3-4-20(15-25(17)37(29,30)31)27(28)21-9-14-24(26(16-21)38(32,33)34)36-23-12-7-19(8-13-23)18-5-10-22(35-2)11-6-18;2*1-5(2,3)4/h3-16H,1-2H3,(H,29,30,31)(H,32,33,34);2*1H3,(H,2,3,4). The molecule has 0 spiro atoms. The molecule has 0 atom stereocenters. The maximum absolute atomic E-state index is 13.0. The van der Waals surface area contributed by atoms with Gasteiger partial charge in [-0.3, -0.25) is 23.0 Å². The van der Waals surface area contributed by atoms with Crippen LogP contribution in [0, 0.1) is 6.92 Å². The third-order valence-corrected chi connectivity index (χ3v) is 7.59. The van der Waals surface area contributed by atoms with Crippen LogP contribution in [0.5, 0.6) is 17.2 Å². The van der Waals surface area contributed by atoms with Crippen LogP contribution < -0.4 is 9.47 Å². The van der Waals surface area contributed by atoms with Gasteiger partial charge in [-0.15, -0.1) is 0 Å². The molecule has 0 fully saturated rings. The van der Waals surface area contributed by atoms with Crippen LogP contribution >= 0.6 is 0 Å². The van der Waals surface area contributed by atoms with E-state index in [1.165, 1.54) is 31.2 Å². The molecule has 0 aliphatic heterocycles. The number of benzene rings is 4. The summed E-state index contributed by atoms with van der Waals surface area (Å²) in [6, 6.07) is 21.3. The lowest BCUT2D eigenvalue weighted by molar-refractivity contribution is 0.103. The van der Waals surface area contributed by atoms with Crippen LogP contribution in [0.15, 0.2) is 94.7 Å². The first kappa shape index (κ1) is 40.0. The van der Waals surface area contributed by atoms with Crippen LogP contribution in [-0.4, -0.2) is 77.3 Å². The minimum Gasteiger partial charge on any atom is -0.497 e. The summed E-state index contributed by atoms with van der Waals surface area (Å²) in [5, 5.41) is 0. The quantitative estimate of drug-likeness (QED) is 0.146. The van der Waals surface area contributed by atoms with E-state index in [0.717, 1.165) is 29.0 Å². The van der Waals surface area contributed by atoms with Gasteiger partial charge in [-0.2, -0.15) is 33.7 Å². The molecule has 0 saturated carbocycles. The zero-order chi connectivity index (χ0) is 36.7. The van der Waals surface area contributed by atoms with Gasteiger partial charge in [-0.25, -0.2) is 0 Å². The Kier molecular flexibility index (Phi) is 13.1. The molecular weight excluding hydrogens is 717 g/mol. The van der Waals surface area contributed by atoms with Crippen LogP contribution in [0.25, 0.3) is 11.1 Å². The number of carbonyl (C=O) groups is 1. The van der Waals surface area contributed by atoms with Crippen molar-refractivity contribution in [2.24, 2.45) is 0 Å². The van der Waals surface area contributed by atoms with Crippen molar-refractivity contribution in [1.82, 2.24) is 0 Å². The fraction of sp³-hybridized carbons (Fsp3) is 0.138. The number of ketones is 1. The molecule has 15 nitrogen and oxygen atoms in total. The van der Waals surface area contributed by atoms with E-state index in [9.17, 15) is 47.6 Å². The summed E-state index contributed by atoms with van der Waals surface area (Å²) in [6.45, 7) is 1.45. The van der Waals surface area contributed by atoms with Crippen molar-refractivity contribution in [3.05, 3.63) is 102 Å². The smallest absolute Gasteiger partial charge is 0.298 e. The lowest BCUT2D eigenvalue weighted by Crippen LogP contribution is -2.08. The van der Waals surface area contributed by atoms with Crippen molar-refractivity contribution in [3.63, 3.8) is 0 Å². The second-order valence-corrected chi connectivity index (χ2v) is 15.5. The summed E-state index contributed by atoms with van der Waals surface area (Å²) < 4.78 is 129. The van der Waals surface area contributed by atoms with E-state index < -0.39 is 56.0 Å². The number of ether oxygens (including phenoxy) is 2. The summed E-state index contributed by atoms with van der Waals surface area (Å²) >= 11 is 0. The molecule has 0 aliphatic rings. The van der Waals surface area contributed by atoms with Gasteiger partial charge in [0.05, 0.1) is 24.5 Å². The molecule has 0 aromatic heterocycles. The monoisotopic (exact) mass is 746 g/mol. The Hall–Kier alpha value is -4.21. The predicted molar refractivity (Wildman–Crippen MR) is 174 cm³/mol. The van der Waals surface area contributed by atoms with E-state index in [4.69, 9.17) is 18.6 Å². The summed E-state index contributed by atoms with van der Waals surface area (Å²) in [7, 11) is -15.2. The molecule has 4 aromatic carbocycles. The SMILES string of the molecule is COc1ccc(-c2ccc(Oc3ccc(C(=O)c4ccc(C)c(S(=O)(=O)O)c4)cc3S(=O)(=O)O)cc2)cc1.CS(=O)(=O)O.CS(=O)(=O)O. The van der Waals surface area contributed by atoms with E-state index in [1.54, 1.807) is 31.4 Å². The van der Waals surface area contributed by atoms with Crippen molar-refractivity contribution >= 4 is 46.3 Å². The number of carbonyl (C=O) groups excluding carboxylic acids is 1. The molecule has 4 aromatic rings. The van der Waals surface area contributed by atoms with Crippen LogP contribution in [0.2, 0.25) is 0 Å². The van der Waals surface area contributed by atoms with Crippen molar-refractivity contribution in [3.8, 4) is 28.4 Å². The predicted octanol–water partition coefficient (Wildman–Crippen LogP) is 4.20. The molecule has 260 valence electrons. The largest absolute Gasteiger partial charge is 0.497 e. The molecule has 0 saturated heterocycles. The zero-order valence-corrected chi connectivity index (χ0v) is 28.8. The summed E-state index contributed by atoms with van der Waals surface area (Å²) in [4.78, 5) is 11.9. The van der Waals surface area contributed by atoms with Gasteiger partial charge in [0.1, 0.15) is 22.1 Å². The van der Waals surface area contributed by atoms with E-state index in [-0.39, 0.29) is 28.2 Å². The number of hydrogen-bond acceptors (Lipinski definition) is 11. The molecule has 19 heteroatoms. The van der Waals surface area contributed by atoms with Gasteiger partial charge < -0.3 is 9.47 Å². The molecule has 0 radical (unpaired) electrons. The Labute approximate surface area is 277 Å². The highest BCUT2D eigenvalue weighted by molar-refractivity contribution is 7.86. The highest BCUT2D eigenvalue weighted by Gasteiger charge is 2.22. The lowest BCUT2D eigenvalue weighted by Gasteiger charge is -2.12. The van der Waals surface area contributed by atoms with E-state index in [0.29, 0.717) is 12.5 Å². The van der Waals surface area contributed by atoms with Crippen LogP contribution in [0.3, 0.4) is 0 Å². The maximum atomic E-state index is 13.0. The first-order chi connectivity index (χ1) is 21.9. The Morgan fingerprint density at radius 3 is 1.33 bits per heavy atom. The number of rotatable bonds is 8. The summed E-state index contributed by atoms with van der Waals surface area (Å²) in [6.07, 6.45) is 1.43. The van der Waals surface area contributed by atoms with Gasteiger partial charge in [0, 0.05) is 11.1 Å². The van der Waals surface area contributed by atoms with Crippen LogP contribution in [0.4, 0.5) is 0 Å². The summed E-state index contributed by atoms with van der Waals surface area (Å²) in [5.41, 5.74) is 1.77. The van der Waals surface area contributed by atoms with Crippen molar-refractivity contribution in [2.75, 3.05) is 19.6 Å². The van der Waals surface area contributed by atoms with E-state index >= 15 is 0 Å². The highest BCUT2D eigenvalue weighted by atomic mass is 32.2. The van der Waals surface area contributed by atoms with Gasteiger partial charge in [-0.1, -0.05) is 36.4 Å². The lowest BCUT2D eigenvalue weighted by atomic mass is 10.0. The van der Waals surface area contributed by atoms with Gasteiger partial charge in [0.25, 0.3) is 40.5 Å². The molecule has 0 bridgehead atoms. The molecule has 0 amide bonds. The topological polar surface area (TPSA) is 253 Å². The minimum atomic E-state index is -4.81. The highest BCUT2D eigenvalue weighted by Crippen LogP contribution is 2.32. The molecule has 48 heavy (non-hydrogen) atoms. The van der Waals surface area contributed by atoms with Gasteiger partial charge >= 0.3 is 0 Å². The van der Waals surface area contributed by atoms with Crippen molar-refractivity contribution < 1.29 is 66.2 Å². The third-order valence-electron chi connectivity index (χ3n) is 5.72. The van der Waals surface area contributed by atoms with Crippen molar-refractivity contribution in [2.45, 2.75) is 16.7 Å². The molecule has 4 N–H and O–H groups in total. The number of hydrogen-bond donors (Lipinski definition) is 4. The Morgan fingerprint density at radius 1 is 0.562 bits per heavy atom.